The highest BCUT2D eigenvalue weighted by Crippen LogP contribution is 2.29. The zero-order chi connectivity index (χ0) is 24.3. The zero-order valence-corrected chi connectivity index (χ0v) is 18.3. The number of benzene rings is 2. The number of carboxylic acid groups (broad SMARTS) is 1. The largest absolute Gasteiger partial charge is 0.478 e. The van der Waals surface area contributed by atoms with Crippen LogP contribution in [-0.4, -0.2) is 27.8 Å². The number of aryl methyl sites for hydroxylation is 1. The molecular weight excluding hydrogens is 459 g/mol. The molecule has 3 rings (SSSR count). The number of carboxylic acids is 1. The molecule has 1 heterocycles. The second-order valence-electron chi connectivity index (χ2n) is 7.30. The fourth-order valence-corrected chi connectivity index (χ4v) is 3.59. The average molecular weight is 478 g/mol. The van der Waals surface area contributed by atoms with E-state index in [1.165, 1.54) is 30.5 Å². The van der Waals surface area contributed by atoms with E-state index in [0.29, 0.717) is 11.3 Å². The minimum absolute atomic E-state index is 0.0289. The number of nitrogens with zero attached hydrogens (tertiary/aromatic N) is 2. The standard InChI is InChI=1S/C23H19ClF3N3O3/c1-13-8-16(14(2)30(13)18-6-7-20(24)19(11-18)22(32)33)12-28-29-21(31)10-15-4-3-5-17(9-15)23(25,26)27/h3-9,11-12H,10H2,1-2H3,(H,29,31)(H,32,33)/b28-12+. The van der Waals surface area contributed by atoms with Crippen molar-refractivity contribution in [2.24, 2.45) is 5.10 Å². The maximum absolute atomic E-state index is 12.8. The number of carbonyl (C=O) groups is 2. The molecule has 0 unspecified atom stereocenters. The summed E-state index contributed by atoms with van der Waals surface area (Å²) in [6, 6.07) is 11.0. The number of halogens is 4. The van der Waals surface area contributed by atoms with Gasteiger partial charge in [-0.15, -0.1) is 0 Å². The monoisotopic (exact) mass is 477 g/mol. The first kappa shape index (κ1) is 24.1. The maximum atomic E-state index is 12.8. The van der Waals surface area contributed by atoms with E-state index in [0.717, 1.165) is 23.5 Å². The van der Waals surface area contributed by atoms with Gasteiger partial charge in [0, 0.05) is 22.6 Å². The molecule has 1 amide bonds. The molecule has 33 heavy (non-hydrogen) atoms. The minimum Gasteiger partial charge on any atom is -0.478 e. The van der Waals surface area contributed by atoms with E-state index >= 15 is 0 Å². The van der Waals surface area contributed by atoms with E-state index < -0.39 is 23.6 Å². The molecule has 10 heteroatoms. The van der Waals surface area contributed by atoms with E-state index in [4.69, 9.17) is 11.6 Å². The summed E-state index contributed by atoms with van der Waals surface area (Å²) in [7, 11) is 0. The van der Waals surface area contributed by atoms with E-state index in [1.54, 1.807) is 19.1 Å². The molecule has 0 aliphatic heterocycles. The first-order valence-corrected chi connectivity index (χ1v) is 10.1. The zero-order valence-electron chi connectivity index (χ0n) is 17.6. The van der Waals surface area contributed by atoms with Crippen LogP contribution >= 0.6 is 11.6 Å². The van der Waals surface area contributed by atoms with E-state index in [2.05, 4.69) is 10.5 Å². The number of alkyl halides is 3. The summed E-state index contributed by atoms with van der Waals surface area (Å²) in [6.07, 6.45) is -3.33. The number of aromatic nitrogens is 1. The van der Waals surface area contributed by atoms with Crippen molar-refractivity contribution in [1.29, 1.82) is 0 Å². The third kappa shape index (κ3) is 5.61. The Hall–Kier alpha value is -3.59. The first-order valence-electron chi connectivity index (χ1n) is 9.67. The fourth-order valence-electron chi connectivity index (χ4n) is 3.39. The van der Waals surface area contributed by atoms with Crippen molar-refractivity contribution >= 4 is 29.7 Å². The molecule has 0 bridgehead atoms. The van der Waals surface area contributed by atoms with Gasteiger partial charge in [0.2, 0.25) is 5.91 Å². The van der Waals surface area contributed by atoms with Gasteiger partial charge in [-0.25, -0.2) is 10.2 Å². The summed E-state index contributed by atoms with van der Waals surface area (Å²) >= 11 is 5.94. The highest BCUT2D eigenvalue weighted by atomic mass is 35.5. The van der Waals surface area contributed by atoms with Crippen LogP contribution in [0.2, 0.25) is 5.02 Å². The second-order valence-corrected chi connectivity index (χ2v) is 7.71. The third-order valence-electron chi connectivity index (χ3n) is 4.92. The van der Waals surface area contributed by atoms with Gasteiger partial charge in [-0.05, 0) is 49.7 Å². The Balaban J connectivity index is 1.74. The maximum Gasteiger partial charge on any atom is 0.416 e. The summed E-state index contributed by atoms with van der Waals surface area (Å²) in [4.78, 5) is 23.5. The molecule has 172 valence electrons. The number of aromatic carboxylic acids is 1. The first-order chi connectivity index (χ1) is 15.5. The summed E-state index contributed by atoms with van der Waals surface area (Å²) in [5, 5.41) is 13.3. The van der Waals surface area contributed by atoms with Crippen LogP contribution in [0.25, 0.3) is 5.69 Å². The number of hydrogen-bond donors (Lipinski definition) is 2. The quantitative estimate of drug-likeness (QED) is 0.380. The molecule has 2 aromatic carbocycles. The van der Waals surface area contributed by atoms with Crippen molar-refractivity contribution < 1.29 is 27.9 Å². The normalized spacial score (nSPS) is 11.7. The summed E-state index contributed by atoms with van der Waals surface area (Å²) in [5.41, 5.74) is 4.47. The van der Waals surface area contributed by atoms with Crippen LogP contribution in [0.4, 0.5) is 13.2 Å². The van der Waals surface area contributed by atoms with Crippen LogP contribution in [0.1, 0.15) is 38.4 Å². The molecule has 0 atom stereocenters. The van der Waals surface area contributed by atoms with Gasteiger partial charge in [0.25, 0.3) is 0 Å². The van der Waals surface area contributed by atoms with Crippen LogP contribution < -0.4 is 5.43 Å². The van der Waals surface area contributed by atoms with Crippen LogP contribution in [0.15, 0.2) is 53.6 Å². The lowest BCUT2D eigenvalue weighted by atomic mass is 10.1. The number of carbonyl (C=O) groups excluding carboxylic acids is 1. The van der Waals surface area contributed by atoms with Crippen molar-refractivity contribution in [1.82, 2.24) is 9.99 Å². The van der Waals surface area contributed by atoms with E-state index in [9.17, 15) is 27.9 Å². The molecule has 3 aromatic rings. The topological polar surface area (TPSA) is 83.7 Å². The lowest BCUT2D eigenvalue weighted by molar-refractivity contribution is -0.137. The molecule has 0 saturated heterocycles. The smallest absolute Gasteiger partial charge is 0.416 e. The fraction of sp³-hybridized carbons (Fsp3) is 0.174. The van der Waals surface area contributed by atoms with E-state index in [-0.39, 0.29) is 22.6 Å². The second kappa shape index (κ2) is 9.50. The predicted molar refractivity (Wildman–Crippen MR) is 118 cm³/mol. The molecule has 0 aliphatic carbocycles. The highest BCUT2D eigenvalue weighted by molar-refractivity contribution is 6.33. The molecular formula is C23H19ClF3N3O3. The molecule has 0 radical (unpaired) electrons. The van der Waals surface area contributed by atoms with Crippen LogP contribution in [0, 0.1) is 13.8 Å². The molecule has 0 saturated carbocycles. The van der Waals surface area contributed by atoms with Crippen molar-refractivity contribution in [3.63, 3.8) is 0 Å². The van der Waals surface area contributed by atoms with Crippen LogP contribution in [0.5, 0.6) is 0 Å². The van der Waals surface area contributed by atoms with Gasteiger partial charge in [-0.2, -0.15) is 18.3 Å². The van der Waals surface area contributed by atoms with Gasteiger partial charge >= 0.3 is 12.1 Å². The van der Waals surface area contributed by atoms with Gasteiger partial charge in [0.05, 0.1) is 28.8 Å². The number of hydrogen-bond acceptors (Lipinski definition) is 3. The Morgan fingerprint density at radius 1 is 1.15 bits per heavy atom. The summed E-state index contributed by atoms with van der Waals surface area (Å²) < 4.78 is 40.2. The third-order valence-corrected chi connectivity index (χ3v) is 5.25. The van der Waals surface area contributed by atoms with Gasteiger partial charge in [-0.3, -0.25) is 4.79 Å². The Labute approximate surface area is 192 Å². The van der Waals surface area contributed by atoms with Crippen LogP contribution in [0.3, 0.4) is 0 Å². The molecule has 0 spiro atoms. The Bertz CT molecular complexity index is 1250. The molecule has 6 nitrogen and oxygen atoms in total. The molecule has 2 N–H and O–H groups in total. The average Bonchev–Trinajstić information content (AvgIpc) is 3.01. The minimum atomic E-state index is -4.48. The summed E-state index contributed by atoms with van der Waals surface area (Å²) in [5.74, 6) is -1.71. The Kier molecular flexibility index (Phi) is 6.92. The van der Waals surface area contributed by atoms with Crippen molar-refractivity contribution in [3.05, 3.63) is 87.2 Å². The van der Waals surface area contributed by atoms with Crippen molar-refractivity contribution in [2.45, 2.75) is 26.4 Å². The van der Waals surface area contributed by atoms with Crippen molar-refractivity contribution in [2.75, 3.05) is 0 Å². The summed E-state index contributed by atoms with van der Waals surface area (Å²) in [6.45, 7) is 3.62. The number of rotatable bonds is 6. The lowest BCUT2D eigenvalue weighted by Crippen LogP contribution is -2.20. The van der Waals surface area contributed by atoms with Gasteiger partial charge in [-0.1, -0.05) is 29.8 Å². The van der Waals surface area contributed by atoms with Gasteiger partial charge in [0.1, 0.15) is 0 Å². The number of nitrogens with one attached hydrogen (secondary N) is 1. The number of amides is 1. The molecule has 0 fully saturated rings. The Morgan fingerprint density at radius 2 is 1.88 bits per heavy atom. The molecule has 1 aromatic heterocycles. The van der Waals surface area contributed by atoms with Crippen molar-refractivity contribution in [3.8, 4) is 5.69 Å². The highest BCUT2D eigenvalue weighted by Gasteiger charge is 2.30. The molecule has 0 aliphatic rings. The predicted octanol–water partition coefficient (Wildman–Crippen LogP) is 5.16. The van der Waals surface area contributed by atoms with Gasteiger partial charge < -0.3 is 9.67 Å². The SMILES string of the molecule is Cc1cc(/C=N/NC(=O)Cc2cccc(C(F)(F)F)c2)c(C)n1-c1ccc(Cl)c(C(=O)O)c1. The van der Waals surface area contributed by atoms with E-state index in [1.807, 2.05) is 11.5 Å². The lowest BCUT2D eigenvalue weighted by Gasteiger charge is -2.11. The van der Waals surface area contributed by atoms with Gasteiger partial charge in [0.15, 0.2) is 0 Å². The van der Waals surface area contributed by atoms with Crippen LogP contribution in [-0.2, 0) is 17.4 Å². The Morgan fingerprint density at radius 3 is 2.55 bits per heavy atom. The number of hydrazone groups is 1.